The van der Waals surface area contributed by atoms with E-state index in [1.165, 1.54) is 11.8 Å². The summed E-state index contributed by atoms with van der Waals surface area (Å²) >= 11 is 0. The fourth-order valence-electron chi connectivity index (χ4n) is 1.22. The standard InChI is InChI=1S/C10H20N2O2/c1-5-7-11-10(14)9(6-2)12(4)8(3)13/h9H,5-7H2,1-4H3,(H,11,14). The van der Waals surface area contributed by atoms with Crippen LogP contribution >= 0.6 is 0 Å². The Morgan fingerprint density at radius 2 is 1.93 bits per heavy atom. The minimum Gasteiger partial charge on any atom is -0.354 e. The summed E-state index contributed by atoms with van der Waals surface area (Å²) in [6.45, 7) is 6.03. The Labute approximate surface area is 85.7 Å². The molecule has 2 amide bonds. The Balaban J connectivity index is 4.25. The first-order chi connectivity index (χ1) is 6.54. The lowest BCUT2D eigenvalue weighted by Crippen LogP contribution is -2.46. The molecule has 0 bridgehead atoms. The fraction of sp³-hybridized carbons (Fsp3) is 0.800. The molecule has 0 aromatic rings. The monoisotopic (exact) mass is 200 g/mol. The molecule has 0 aromatic heterocycles. The van der Waals surface area contributed by atoms with Crippen LogP contribution in [0.15, 0.2) is 0 Å². The second-order valence-electron chi connectivity index (χ2n) is 3.34. The van der Waals surface area contributed by atoms with E-state index < -0.39 is 0 Å². The molecular weight excluding hydrogens is 180 g/mol. The molecule has 0 aliphatic heterocycles. The maximum atomic E-state index is 11.6. The summed E-state index contributed by atoms with van der Waals surface area (Å²) in [5, 5.41) is 2.79. The van der Waals surface area contributed by atoms with Gasteiger partial charge in [0.2, 0.25) is 11.8 Å². The predicted octanol–water partition coefficient (Wildman–Crippen LogP) is 0.770. The summed E-state index contributed by atoms with van der Waals surface area (Å²) in [4.78, 5) is 24.1. The summed E-state index contributed by atoms with van der Waals surface area (Å²) < 4.78 is 0. The molecule has 0 rings (SSSR count). The highest BCUT2D eigenvalue weighted by Crippen LogP contribution is 2.02. The largest absolute Gasteiger partial charge is 0.354 e. The average molecular weight is 200 g/mol. The molecular formula is C10H20N2O2. The van der Waals surface area contributed by atoms with E-state index in [2.05, 4.69) is 5.32 Å². The molecule has 0 aromatic carbocycles. The van der Waals surface area contributed by atoms with Gasteiger partial charge in [-0.05, 0) is 12.8 Å². The third kappa shape index (κ3) is 3.77. The highest BCUT2D eigenvalue weighted by molar-refractivity contribution is 5.86. The van der Waals surface area contributed by atoms with E-state index in [0.29, 0.717) is 13.0 Å². The summed E-state index contributed by atoms with van der Waals surface area (Å²) in [6, 6.07) is -0.334. The Morgan fingerprint density at radius 1 is 1.36 bits per heavy atom. The second kappa shape index (κ2) is 6.40. The number of rotatable bonds is 5. The van der Waals surface area contributed by atoms with Gasteiger partial charge in [0.1, 0.15) is 6.04 Å². The maximum absolute atomic E-state index is 11.6. The van der Waals surface area contributed by atoms with Gasteiger partial charge in [0, 0.05) is 20.5 Å². The van der Waals surface area contributed by atoms with Crippen molar-refractivity contribution in [3.05, 3.63) is 0 Å². The molecule has 4 nitrogen and oxygen atoms in total. The van der Waals surface area contributed by atoms with Gasteiger partial charge in [-0.1, -0.05) is 13.8 Å². The fourth-order valence-corrected chi connectivity index (χ4v) is 1.22. The number of nitrogens with one attached hydrogen (secondary N) is 1. The van der Waals surface area contributed by atoms with Crippen molar-refractivity contribution in [1.29, 1.82) is 0 Å². The van der Waals surface area contributed by atoms with Crippen molar-refractivity contribution in [3.8, 4) is 0 Å². The van der Waals surface area contributed by atoms with Crippen LogP contribution in [-0.2, 0) is 9.59 Å². The Hall–Kier alpha value is -1.06. The van der Waals surface area contributed by atoms with Crippen LogP contribution in [0.3, 0.4) is 0 Å². The molecule has 0 saturated heterocycles. The van der Waals surface area contributed by atoms with E-state index in [4.69, 9.17) is 0 Å². The summed E-state index contributed by atoms with van der Waals surface area (Å²) in [6.07, 6.45) is 1.55. The van der Waals surface area contributed by atoms with Crippen LogP contribution in [0.25, 0.3) is 0 Å². The summed E-state index contributed by atoms with van der Waals surface area (Å²) in [5.41, 5.74) is 0. The van der Waals surface area contributed by atoms with Crippen LogP contribution in [0.2, 0.25) is 0 Å². The number of likely N-dealkylation sites (N-methyl/N-ethyl adjacent to an activating group) is 1. The van der Waals surface area contributed by atoms with Crippen LogP contribution in [0.4, 0.5) is 0 Å². The molecule has 0 fully saturated rings. The van der Waals surface area contributed by atoms with Crippen LogP contribution in [0.5, 0.6) is 0 Å². The van der Waals surface area contributed by atoms with Crippen molar-refractivity contribution in [1.82, 2.24) is 10.2 Å². The number of nitrogens with zero attached hydrogens (tertiary/aromatic N) is 1. The molecule has 0 radical (unpaired) electrons. The predicted molar refractivity (Wildman–Crippen MR) is 55.8 cm³/mol. The zero-order valence-corrected chi connectivity index (χ0v) is 9.46. The highest BCUT2D eigenvalue weighted by Gasteiger charge is 2.22. The van der Waals surface area contributed by atoms with Gasteiger partial charge in [-0.2, -0.15) is 0 Å². The lowest BCUT2D eigenvalue weighted by Gasteiger charge is -2.24. The smallest absolute Gasteiger partial charge is 0.242 e. The van der Waals surface area contributed by atoms with Gasteiger partial charge < -0.3 is 10.2 Å². The van der Waals surface area contributed by atoms with E-state index in [-0.39, 0.29) is 17.9 Å². The van der Waals surface area contributed by atoms with E-state index in [0.717, 1.165) is 6.42 Å². The highest BCUT2D eigenvalue weighted by atomic mass is 16.2. The molecule has 0 saturated carbocycles. The average Bonchev–Trinajstić information content (AvgIpc) is 2.15. The van der Waals surface area contributed by atoms with Gasteiger partial charge in [0.05, 0.1) is 0 Å². The second-order valence-corrected chi connectivity index (χ2v) is 3.34. The van der Waals surface area contributed by atoms with E-state index in [9.17, 15) is 9.59 Å². The van der Waals surface area contributed by atoms with Gasteiger partial charge >= 0.3 is 0 Å². The van der Waals surface area contributed by atoms with E-state index in [1.807, 2.05) is 13.8 Å². The molecule has 4 heteroatoms. The van der Waals surface area contributed by atoms with E-state index >= 15 is 0 Å². The first-order valence-corrected chi connectivity index (χ1v) is 5.05. The van der Waals surface area contributed by atoms with Crippen molar-refractivity contribution in [2.75, 3.05) is 13.6 Å². The van der Waals surface area contributed by atoms with Crippen molar-refractivity contribution >= 4 is 11.8 Å². The molecule has 1 atom stereocenters. The van der Waals surface area contributed by atoms with Gasteiger partial charge in [-0.3, -0.25) is 9.59 Å². The first-order valence-electron chi connectivity index (χ1n) is 5.05. The third-order valence-corrected chi connectivity index (χ3v) is 2.20. The third-order valence-electron chi connectivity index (χ3n) is 2.20. The number of carbonyl (C=O) groups is 2. The molecule has 82 valence electrons. The first kappa shape index (κ1) is 12.9. The van der Waals surface area contributed by atoms with Crippen molar-refractivity contribution < 1.29 is 9.59 Å². The molecule has 14 heavy (non-hydrogen) atoms. The Morgan fingerprint density at radius 3 is 2.29 bits per heavy atom. The van der Waals surface area contributed by atoms with Crippen LogP contribution in [0, 0.1) is 0 Å². The van der Waals surface area contributed by atoms with Gasteiger partial charge in [0.25, 0.3) is 0 Å². The normalized spacial score (nSPS) is 12.0. The van der Waals surface area contributed by atoms with Gasteiger partial charge in [-0.25, -0.2) is 0 Å². The molecule has 1 N–H and O–H groups in total. The molecule has 0 aliphatic rings. The van der Waals surface area contributed by atoms with Crippen LogP contribution < -0.4 is 5.32 Å². The molecule has 0 spiro atoms. The van der Waals surface area contributed by atoms with Crippen molar-refractivity contribution in [2.24, 2.45) is 0 Å². The Bertz CT molecular complexity index is 204. The number of amides is 2. The molecule has 0 heterocycles. The summed E-state index contributed by atoms with van der Waals surface area (Å²) in [5.74, 6) is -0.143. The van der Waals surface area contributed by atoms with Crippen LogP contribution in [0.1, 0.15) is 33.6 Å². The summed E-state index contributed by atoms with van der Waals surface area (Å²) in [7, 11) is 1.65. The quantitative estimate of drug-likeness (QED) is 0.712. The number of hydrogen-bond donors (Lipinski definition) is 1. The maximum Gasteiger partial charge on any atom is 0.242 e. The van der Waals surface area contributed by atoms with Gasteiger partial charge in [0.15, 0.2) is 0 Å². The van der Waals surface area contributed by atoms with Crippen molar-refractivity contribution in [3.63, 3.8) is 0 Å². The van der Waals surface area contributed by atoms with Crippen molar-refractivity contribution in [2.45, 2.75) is 39.7 Å². The van der Waals surface area contributed by atoms with Crippen LogP contribution in [-0.4, -0.2) is 36.3 Å². The lowest BCUT2D eigenvalue weighted by atomic mass is 10.2. The Kier molecular flexibility index (Phi) is 5.92. The van der Waals surface area contributed by atoms with Gasteiger partial charge in [-0.15, -0.1) is 0 Å². The topological polar surface area (TPSA) is 49.4 Å². The minimum atomic E-state index is -0.334. The SMILES string of the molecule is CCCNC(=O)C(CC)N(C)C(C)=O. The molecule has 1 unspecified atom stereocenters. The number of carbonyl (C=O) groups excluding carboxylic acids is 2. The number of hydrogen-bond acceptors (Lipinski definition) is 2. The zero-order valence-electron chi connectivity index (χ0n) is 9.46. The zero-order chi connectivity index (χ0) is 11.1. The molecule has 0 aliphatic carbocycles. The lowest BCUT2D eigenvalue weighted by molar-refractivity contribution is -0.137. The minimum absolute atomic E-state index is 0.0629. The van der Waals surface area contributed by atoms with E-state index in [1.54, 1.807) is 7.05 Å².